The third kappa shape index (κ3) is 3.08. The van der Waals surface area contributed by atoms with E-state index in [9.17, 15) is 9.59 Å². The largest absolute Gasteiger partial charge is 0.453 e. The van der Waals surface area contributed by atoms with Crippen LogP contribution < -0.4 is 5.32 Å². The van der Waals surface area contributed by atoms with E-state index in [1.54, 1.807) is 0 Å². The van der Waals surface area contributed by atoms with Crippen molar-refractivity contribution in [2.24, 2.45) is 11.3 Å². The Kier molecular flexibility index (Phi) is 4.20. The third-order valence-corrected chi connectivity index (χ3v) is 6.67. The highest BCUT2D eigenvalue weighted by Crippen LogP contribution is 2.52. The molecule has 2 saturated carbocycles. The minimum absolute atomic E-state index is 0.0424. The maximum atomic E-state index is 12.7. The van der Waals surface area contributed by atoms with E-state index in [2.05, 4.69) is 40.4 Å². The summed E-state index contributed by atoms with van der Waals surface area (Å²) in [4.78, 5) is 26.1. The Balaban J connectivity index is 1.27. The quantitative estimate of drug-likeness (QED) is 0.904. The number of nitrogens with zero attached hydrogens (tertiary/aromatic N) is 1. The molecule has 3 fully saturated rings. The number of rotatable bonds is 3. The van der Waals surface area contributed by atoms with Gasteiger partial charge in [0, 0.05) is 30.0 Å². The first kappa shape index (κ1) is 17.4. The van der Waals surface area contributed by atoms with Gasteiger partial charge in [0.15, 0.2) is 0 Å². The Labute approximate surface area is 155 Å². The van der Waals surface area contributed by atoms with Crippen molar-refractivity contribution in [2.45, 2.75) is 50.5 Å². The van der Waals surface area contributed by atoms with Crippen LogP contribution in [0.1, 0.15) is 50.5 Å². The lowest BCUT2D eigenvalue weighted by atomic mass is 9.67. The van der Waals surface area contributed by atoms with Crippen LogP contribution in [0.15, 0.2) is 30.3 Å². The number of nitrogens with one attached hydrogen (secondary N) is 1. The molecule has 26 heavy (non-hydrogen) atoms. The number of alkyl carbamates (subject to hydrolysis) is 1. The van der Waals surface area contributed by atoms with Crippen LogP contribution in [0.2, 0.25) is 0 Å². The lowest BCUT2D eigenvalue weighted by Crippen LogP contribution is -2.63. The van der Waals surface area contributed by atoms with Gasteiger partial charge in [-0.3, -0.25) is 4.79 Å². The normalized spacial score (nSPS) is 31.8. The number of carbonyl (C=O) groups is 2. The molecule has 3 aliphatic rings. The summed E-state index contributed by atoms with van der Waals surface area (Å²) in [5.41, 5.74) is 1.48. The molecule has 1 atom stereocenters. The number of hydrogen-bond acceptors (Lipinski definition) is 3. The first-order valence-corrected chi connectivity index (χ1v) is 9.62. The van der Waals surface area contributed by atoms with Crippen molar-refractivity contribution in [3.05, 3.63) is 35.9 Å². The van der Waals surface area contributed by atoms with Gasteiger partial charge < -0.3 is 15.0 Å². The summed E-state index contributed by atoms with van der Waals surface area (Å²) < 4.78 is 4.66. The molecular weight excluding hydrogens is 328 g/mol. The van der Waals surface area contributed by atoms with Crippen molar-refractivity contribution in [2.75, 3.05) is 20.2 Å². The zero-order valence-corrected chi connectivity index (χ0v) is 15.7. The Morgan fingerprint density at radius 1 is 1.15 bits per heavy atom. The number of likely N-dealkylation sites (tertiary alicyclic amines) is 1. The molecule has 1 aliphatic heterocycles. The van der Waals surface area contributed by atoms with E-state index in [0.29, 0.717) is 24.2 Å². The molecule has 4 rings (SSSR count). The lowest BCUT2D eigenvalue weighted by Gasteiger charge is -2.53. The van der Waals surface area contributed by atoms with Gasteiger partial charge in [-0.2, -0.15) is 0 Å². The summed E-state index contributed by atoms with van der Waals surface area (Å²) in [6, 6.07) is 10.8. The smallest absolute Gasteiger partial charge is 0.407 e. The van der Waals surface area contributed by atoms with Crippen molar-refractivity contribution < 1.29 is 14.3 Å². The number of benzene rings is 1. The van der Waals surface area contributed by atoms with Crippen LogP contribution >= 0.6 is 0 Å². The van der Waals surface area contributed by atoms with Gasteiger partial charge in [-0.05, 0) is 50.5 Å². The second-order valence-electron chi connectivity index (χ2n) is 8.83. The van der Waals surface area contributed by atoms with Gasteiger partial charge >= 0.3 is 6.09 Å². The summed E-state index contributed by atoms with van der Waals surface area (Å²) in [6.45, 7) is 3.80. The summed E-state index contributed by atoms with van der Waals surface area (Å²) in [5.74, 6) is 0.952. The molecule has 0 radical (unpaired) electrons. The Morgan fingerprint density at radius 2 is 1.85 bits per heavy atom. The molecule has 1 heterocycles. The van der Waals surface area contributed by atoms with Crippen molar-refractivity contribution in [3.63, 3.8) is 0 Å². The van der Waals surface area contributed by atoms with Gasteiger partial charge in [0.05, 0.1) is 7.11 Å². The molecule has 5 heteroatoms. The molecule has 0 aromatic heterocycles. The Morgan fingerprint density at radius 3 is 2.50 bits per heavy atom. The molecule has 1 aromatic carbocycles. The van der Waals surface area contributed by atoms with Crippen LogP contribution in [0, 0.1) is 11.3 Å². The molecule has 1 saturated heterocycles. The van der Waals surface area contributed by atoms with Gasteiger partial charge in [0.2, 0.25) is 5.91 Å². The maximum Gasteiger partial charge on any atom is 0.407 e. The van der Waals surface area contributed by atoms with Crippen molar-refractivity contribution in [1.82, 2.24) is 10.2 Å². The molecule has 1 N–H and O–H groups in total. The fourth-order valence-corrected chi connectivity index (χ4v) is 5.28. The highest BCUT2D eigenvalue weighted by Gasteiger charge is 2.53. The van der Waals surface area contributed by atoms with Crippen LogP contribution in [-0.2, 0) is 9.53 Å². The number of hydrogen-bond donors (Lipinski definition) is 1. The minimum Gasteiger partial charge on any atom is -0.453 e. The topological polar surface area (TPSA) is 58.6 Å². The molecule has 140 valence electrons. The fourth-order valence-electron chi connectivity index (χ4n) is 5.28. The number of amides is 2. The van der Waals surface area contributed by atoms with E-state index >= 15 is 0 Å². The van der Waals surface area contributed by atoms with Gasteiger partial charge in [0.1, 0.15) is 0 Å². The third-order valence-electron chi connectivity index (χ3n) is 6.67. The van der Waals surface area contributed by atoms with Crippen molar-refractivity contribution >= 4 is 12.0 Å². The first-order chi connectivity index (χ1) is 12.4. The van der Waals surface area contributed by atoms with Crippen LogP contribution in [0.3, 0.4) is 0 Å². The van der Waals surface area contributed by atoms with E-state index < -0.39 is 6.09 Å². The average molecular weight is 356 g/mol. The highest BCUT2D eigenvalue weighted by molar-refractivity contribution is 5.81. The number of methoxy groups -OCH3 is 1. The molecular formula is C21H28N2O3. The predicted molar refractivity (Wildman–Crippen MR) is 98.7 cm³/mol. The van der Waals surface area contributed by atoms with E-state index in [1.807, 2.05) is 11.8 Å². The zero-order valence-electron chi connectivity index (χ0n) is 15.7. The Hall–Kier alpha value is -2.04. The van der Waals surface area contributed by atoms with Gasteiger partial charge in [-0.25, -0.2) is 4.79 Å². The SMILES string of the molecule is COC(=O)N[C@]1(C)C[C@H](C(=O)N2CC3(CCC(c4ccccc4)C3)C2)C1. The molecule has 2 aliphatic carbocycles. The monoisotopic (exact) mass is 356 g/mol. The van der Waals surface area contributed by atoms with Gasteiger partial charge in [-0.1, -0.05) is 30.3 Å². The lowest BCUT2D eigenvalue weighted by molar-refractivity contribution is -0.153. The molecule has 0 bridgehead atoms. The van der Waals surface area contributed by atoms with Crippen molar-refractivity contribution in [1.29, 1.82) is 0 Å². The molecule has 1 spiro atoms. The molecule has 1 unspecified atom stereocenters. The maximum absolute atomic E-state index is 12.7. The molecule has 5 nitrogen and oxygen atoms in total. The van der Waals surface area contributed by atoms with Gasteiger partial charge in [-0.15, -0.1) is 0 Å². The predicted octanol–water partition coefficient (Wildman–Crippen LogP) is 3.31. The summed E-state index contributed by atoms with van der Waals surface area (Å²) in [5, 5.41) is 2.84. The van der Waals surface area contributed by atoms with E-state index in [4.69, 9.17) is 0 Å². The van der Waals surface area contributed by atoms with Crippen LogP contribution in [-0.4, -0.2) is 42.6 Å². The van der Waals surface area contributed by atoms with E-state index in [1.165, 1.54) is 31.9 Å². The summed E-state index contributed by atoms with van der Waals surface area (Å²) in [6.07, 6.45) is 4.65. The van der Waals surface area contributed by atoms with Gasteiger partial charge in [0.25, 0.3) is 0 Å². The fraction of sp³-hybridized carbons (Fsp3) is 0.619. The summed E-state index contributed by atoms with van der Waals surface area (Å²) >= 11 is 0. The minimum atomic E-state index is -0.417. The van der Waals surface area contributed by atoms with Crippen molar-refractivity contribution in [3.8, 4) is 0 Å². The van der Waals surface area contributed by atoms with E-state index in [-0.39, 0.29) is 17.4 Å². The van der Waals surface area contributed by atoms with Crippen LogP contribution in [0.5, 0.6) is 0 Å². The van der Waals surface area contributed by atoms with Crippen LogP contribution in [0.4, 0.5) is 4.79 Å². The second-order valence-corrected chi connectivity index (χ2v) is 8.83. The Bertz CT molecular complexity index is 690. The standard InChI is InChI=1S/C21H28N2O3/c1-20(22-19(25)26-2)10-17(11-20)18(24)23-13-21(14-23)9-8-16(12-21)15-6-4-3-5-7-15/h3-7,16-17H,8-14H2,1-2H3,(H,22,25)/t16?,17-,20+. The molecule has 1 aromatic rings. The number of carbonyl (C=O) groups excluding carboxylic acids is 2. The zero-order chi connectivity index (χ0) is 18.4. The molecule has 2 amide bonds. The number of ether oxygens (including phenoxy) is 1. The average Bonchev–Trinajstić information content (AvgIpc) is 3.04. The first-order valence-electron chi connectivity index (χ1n) is 9.62. The van der Waals surface area contributed by atoms with Crippen LogP contribution in [0.25, 0.3) is 0 Å². The van der Waals surface area contributed by atoms with E-state index in [0.717, 1.165) is 13.1 Å². The summed E-state index contributed by atoms with van der Waals surface area (Å²) in [7, 11) is 1.36. The second kappa shape index (κ2) is 6.29. The highest BCUT2D eigenvalue weighted by atomic mass is 16.5.